The Morgan fingerprint density at radius 3 is 2.69 bits per heavy atom. The number of piperidine rings is 2. The molecule has 0 spiro atoms. The van der Waals surface area contributed by atoms with E-state index in [2.05, 4.69) is 23.8 Å². The van der Waals surface area contributed by atoms with E-state index in [9.17, 15) is 0 Å². The fourth-order valence-electron chi connectivity index (χ4n) is 3.32. The number of nitrogens with zero attached hydrogens (tertiary/aromatic N) is 2. The van der Waals surface area contributed by atoms with E-state index >= 15 is 0 Å². The van der Waals surface area contributed by atoms with Crippen LogP contribution in [-0.4, -0.2) is 55.1 Å². The molecule has 94 valence electrons. The summed E-state index contributed by atoms with van der Waals surface area (Å²) in [5.41, 5.74) is 5.83. The number of hydrogen-bond donors (Lipinski definition) is 1. The Bertz CT molecular complexity index is 219. The van der Waals surface area contributed by atoms with Crippen molar-refractivity contribution >= 4 is 0 Å². The van der Waals surface area contributed by atoms with E-state index in [1.54, 1.807) is 0 Å². The minimum absolute atomic E-state index is 0.739. The van der Waals surface area contributed by atoms with Crippen molar-refractivity contribution in [3.8, 4) is 0 Å². The van der Waals surface area contributed by atoms with Crippen LogP contribution in [0, 0.1) is 5.92 Å². The highest BCUT2D eigenvalue weighted by Crippen LogP contribution is 2.26. The van der Waals surface area contributed by atoms with Crippen LogP contribution in [0.4, 0.5) is 0 Å². The normalized spacial score (nSPS) is 38.8. The zero-order valence-electron chi connectivity index (χ0n) is 10.9. The Hall–Kier alpha value is -0.120. The molecule has 2 rings (SSSR count). The smallest absolute Gasteiger partial charge is 0.0226 e. The summed E-state index contributed by atoms with van der Waals surface area (Å²) in [5, 5.41) is 0. The van der Waals surface area contributed by atoms with Crippen molar-refractivity contribution in [3.63, 3.8) is 0 Å². The minimum atomic E-state index is 0.739. The minimum Gasteiger partial charge on any atom is -0.330 e. The molecule has 0 radical (unpaired) electrons. The maximum absolute atomic E-state index is 5.83. The molecule has 3 heteroatoms. The summed E-state index contributed by atoms with van der Waals surface area (Å²) < 4.78 is 0. The first-order valence-corrected chi connectivity index (χ1v) is 6.85. The molecule has 2 saturated heterocycles. The van der Waals surface area contributed by atoms with Crippen molar-refractivity contribution in [1.82, 2.24) is 9.80 Å². The topological polar surface area (TPSA) is 32.5 Å². The van der Waals surface area contributed by atoms with Crippen LogP contribution in [0.1, 0.15) is 32.6 Å². The van der Waals surface area contributed by atoms with Gasteiger partial charge in [0, 0.05) is 25.2 Å². The number of hydrogen-bond acceptors (Lipinski definition) is 3. The maximum Gasteiger partial charge on any atom is 0.0226 e. The van der Waals surface area contributed by atoms with Gasteiger partial charge < -0.3 is 10.6 Å². The molecule has 0 aliphatic carbocycles. The molecule has 3 atom stereocenters. The Labute approximate surface area is 100.0 Å². The first-order chi connectivity index (χ1) is 7.70. The van der Waals surface area contributed by atoms with Gasteiger partial charge in [-0.3, -0.25) is 4.90 Å². The Morgan fingerprint density at radius 2 is 2.00 bits per heavy atom. The molecule has 0 aromatic rings. The van der Waals surface area contributed by atoms with E-state index in [-0.39, 0.29) is 0 Å². The van der Waals surface area contributed by atoms with Gasteiger partial charge in [-0.25, -0.2) is 0 Å². The second-order valence-electron chi connectivity index (χ2n) is 5.78. The van der Waals surface area contributed by atoms with Gasteiger partial charge in [0.15, 0.2) is 0 Å². The summed E-state index contributed by atoms with van der Waals surface area (Å²) >= 11 is 0. The molecule has 16 heavy (non-hydrogen) atoms. The van der Waals surface area contributed by atoms with Crippen LogP contribution in [0.15, 0.2) is 0 Å². The van der Waals surface area contributed by atoms with Gasteiger partial charge in [0.05, 0.1) is 0 Å². The van der Waals surface area contributed by atoms with Gasteiger partial charge in [-0.15, -0.1) is 0 Å². The third-order valence-electron chi connectivity index (χ3n) is 4.43. The molecule has 2 fully saturated rings. The van der Waals surface area contributed by atoms with Gasteiger partial charge >= 0.3 is 0 Å². The quantitative estimate of drug-likeness (QED) is 0.765. The molecule has 2 heterocycles. The van der Waals surface area contributed by atoms with Crippen LogP contribution in [0.3, 0.4) is 0 Å². The van der Waals surface area contributed by atoms with Crippen LogP contribution >= 0.6 is 0 Å². The molecule has 0 aromatic carbocycles. The van der Waals surface area contributed by atoms with Crippen LogP contribution < -0.4 is 5.73 Å². The van der Waals surface area contributed by atoms with Crippen molar-refractivity contribution in [1.29, 1.82) is 0 Å². The van der Waals surface area contributed by atoms with Crippen LogP contribution in [0.5, 0.6) is 0 Å². The lowest BCUT2D eigenvalue weighted by Gasteiger charge is -2.45. The molecule has 2 N–H and O–H groups in total. The highest BCUT2D eigenvalue weighted by Gasteiger charge is 2.31. The third-order valence-corrected chi connectivity index (χ3v) is 4.43. The highest BCUT2D eigenvalue weighted by molar-refractivity contribution is 4.87. The third kappa shape index (κ3) is 2.76. The summed E-state index contributed by atoms with van der Waals surface area (Å²) in [6, 6.07) is 1.54. The molecule has 3 nitrogen and oxygen atoms in total. The van der Waals surface area contributed by atoms with Crippen molar-refractivity contribution in [2.24, 2.45) is 11.7 Å². The molecule has 3 unspecified atom stereocenters. The van der Waals surface area contributed by atoms with Gasteiger partial charge in [0.1, 0.15) is 0 Å². The molecule has 0 saturated carbocycles. The molecular weight excluding hydrogens is 198 g/mol. The highest BCUT2D eigenvalue weighted by atomic mass is 15.2. The summed E-state index contributed by atoms with van der Waals surface area (Å²) in [7, 11) is 2.25. The number of likely N-dealkylation sites (tertiary alicyclic amines) is 2. The predicted molar refractivity (Wildman–Crippen MR) is 68.5 cm³/mol. The SMILES string of the molecule is CC1CCC(CN)CN1C1CCCN(C)C1. The second kappa shape index (κ2) is 5.48. The monoisotopic (exact) mass is 225 g/mol. The van der Waals surface area contributed by atoms with E-state index in [1.807, 2.05) is 0 Å². The van der Waals surface area contributed by atoms with E-state index in [1.165, 1.54) is 45.3 Å². The first-order valence-electron chi connectivity index (χ1n) is 6.85. The number of likely N-dealkylation sites (N-methyl/N-ethyl adjacent to an activating group) is 1. The van der Waals surface area contributed by atoms with Gasteiger partial charge in [-0.1, -0.05) is 0 Å². The van der Waals surface area contributed by atoms with Gasteiger partial charge in [0.2, 0.25) is 0 Å². The van der Waals surface area contributed by atoms with E-state index < -0.39 is 0 Å². The van der Waals surface area contributed by atoms with Crippen LogP contribution in [-0.2, 0) is 0 Å². The fourth-order valence-corrected chi connectivity index (χ4v) is 3.32. The van der Waals surface area contributed by atoms with Gasteiger partial charge in [0.25, 0.3) is 0 Å². The molecule has 0 bridgehead atoms. The average molecular weight is 225 g/mol. The molecule has 0 amide bonds. The largest absolute Gasteiger partial charge is 0.330 e. The molecule has 0 aromatic heterocycles. The lowest BCUT2D eigenvalue weighted by atomic mass is 9.90. The lowest BCUT2D eigenvalue weighted by molar-refractivity contribution is 0.0369. The summed E-state index contributed by atoms with van der Waals surface area (Å²) in [6.07, 6.45) is 5.41. The van der Waals surface area contributed by atoms with Crippen LogP contribution in [0.25, 0.3) is 0 Å². The van der Waals surface area contributed by atoms with E-state index in [0.717, 1.165) is 24.5 Å². The Kier molecular flexibility index (Phi) is 4.22. The van der Waals surface area contributed by atoms with Crippen molar-refractivity contribution in [3.05, 3.63) is 0 Å². The fraction of sp³-hybridized carbons (Fsp3) is 1.00. The Morgan fingerprint density at radius 1 is 1.19 bits per heavy atom. The second-order valence-corrected chi connectivity index (χ2v) is 5.78. The summed E-state index contributed by atoms with van der Waals surface area (Å²) in [5.74, 6) is 0.739. The summed E-state index contributed by atoms with van der Waals surface area (Å²) in [6.45, 7) is 7.02. The first kappa shape index (κ1) is 12.3. The van der Waals surface area contributed by atoms with E-state index in [0.29, 0.717) is 0 Å². The number of rotatable bonds is 2. The van der Waals surface area contributed by atoms with E-state index in [4.69, 9.17) is 5.73 Å². The van der Waals surface area contributed by atoms with Gasteiger partial charge in [-0.05, 0) is 58.7 Å². The van der Waals surface area contributed by atoms with Crippen molar-refractivity contribution in [2.75, 3.05) is 33.2 Å². The number of nitrogens with two attached hydrogens (primary N) is 1. The molecule has 2 aliphatic heterocycles. The van der Waals surface area contributed by atoms with Gasteiger partial charge in [-0.2, -0.15) is 0 Å². The lowest BCUT2D eigenvalue weighted by Crippen LogP contribution is -2.54. The predicted octanol–water partition coefficient (Wildman–Crippen LogP) is 1.14. The zero-order chi connectivity index (χ0) is 11.5. The maximum atomic E-state index is 5.83. The standard InChI is InChI=1S/C13H27N3/c1-11-5-6-12(8-14)9-16(11)13-4-3-7-15(2)10-13/h11-13H,3-10,14H2,1-2H3. The summed E-state index contributed by atoms with van der Waals surface area (Å²) in [4.78, 5) is 5.21. The Balaban J connectivity index is 1.94. The zero-order valence-corrected chi connectivity index (χ0v) is 10.9. The van der Waals surface area contributed by atoms with Crippen molar-refractivity contribution in [2.45, 2.75) is 44.7 Å². The average Bonchev–Trinajstić information content (AvgIpc) is 2.30. The van der Waals surface area contributed by atoms with Crippen molar-refractivity contribution < 1.29 is 0 Å². The molecular formula is C13H27N3. The van der Waals surface area contributed by atoms with Crippen LogP contribution in [0.2, 0.25) is 0 Å². The molecule has 2 aliphatic rings.